The van der Waals surface area contributed by atoms with Gasteiger partial charge in [0.15, 0.2) is 0 Å². The first kappa shape index (κ1) is 32.1. The van der Waals surface area contributed by atoms with Gasteiger partial charge >= 0.3 is 7.82 Å². The minimum Gasteiger partial charge on any atom is -0.404 e. The van der Waals surface area contributed by atoms with Gasteiger partial charge in [0.05, 0.1) is 42.4 Å². The number of ether oxygens (including phenoxy) is 4. The molecular formula is C27H39N4O11P. The van der Waals surface area contributed by atoms with Crippen molar-refractivity contribution in [3.05, 3.63) is 36.2 Å². The molecular weight excluding hydrogens is 587 g/mol. The Morgan fingerprint density at radius 1 is 1.16 bits per heavy atom. The average molecular weight is 627 g/mol. The van der Waals surface area contributed by atoms with Crippen LogP contribution in [-0.4, -0.2) is 112 Å². The summed E-state index contributed by atoms with van der Waals surface area (Å²) in [7, 11) is 0.146. The zero-order valence-electron chi connectivity index (χ0n) is 24.5. The predicted octanol–water partition coefficient (Wildman–Crippen LogP) is -0.703. The van der Waals surface area contributed by atoms with Gasteiger partial charge in [0.2, 0.25) is 18.0 Å². The maximum Gasteiger partial charge on any atom is 0.524 e. The third kappa shape index (κ3) is 6.04. The largest absolute Gasteiger partial charge is 0.524 e. The summed E-state index contributed by atoms with van der Waals surface area (Å²) in [6.07, 6.45) is -2.66. The quantitative estimate of drug-likeness (QED) is 0.181. The standard InChI is InChI=1S/C27H39N4O11P/c1-13-8-18(31-19(32)11-16-9-15-10-17(42-43(35,36)37)7-6-14(15)12-30-16)27(34)25(39-13)41-26(2)23(38-5)20(28-3)22(33)21(29-4)24(26)40-27/h6-7,9-10,12-13,18,20-25,28-29,33-34H,8,11H2,1-5H3,(H,31,32)(H2,35,36,37)/t13-,18-,20-,21+,22+,23+,24-,25+,26-,27+/m1/s1. The molecule has 2 aromatic rings. The van der Waals surface area contributed by atoms with E-state index in [-0.39, 0.29) is 18.6 Å². The number of methoxy groups -OCH3 is 1. The van der Waals surface area contributed by atoms with Crippen LogP contribution in [0.2, 0.25) is 0 Å². The summed E-state index contributed by atoms with van der Waals surface area (Å²) in [6, 6.07) is 3.92. The molecule has 1 saturated carbocycles. The van der Waals surface area contributed by atoms with Crippen LogP contribution in [0.25, 0.3) is 10.8 Å². The van der Waals surface area contributed by atoms with E-state index in [0.717, 1.165) is 0 Å². The first-order chi connectivity index (χ1) is 20.2. The van der Waals surface area contributed by atoms with Crippen molar-refractivity contribution in [2.45, 2.75) is 86.9 Å². The van der Waals surface area contributed by atoms with E-state index in [2.05, 4.69) is 25.5 Å². The fraction of sp³-hybridized carbons (Fsp3) is 0.630. The van der Waals surface area contributed by atoms with Gasteiger partial charge in [-0.05, 0) is 64.0 Å². The van der Waals surface area contributed by atoms with Gasteiger partial charge < -0.3 is 49.6 Å². The lowest BCUT2D eigenvalue weighted by Gasteiger charge is -2.62. The molecule has 238 valence electrons. The Bertz CT molecular complexity index is 1400. The third-order valence-electron chi connectivity index (χ3n) is 8.53. The molecule has 1 aliphatic carbocycles. The van der Waals surface area contributed by atoms with E-state index in [0.29, 0.717) is 16.5 Å². The molecule has 43 heavy (non-hydrogen) atoms. The maximum absolute atomic E-state index is 13.3. The maximum atomic E-state index is 13.3. The second-order valence-electron chi connectivity index (χ2n) is 11.4. The number of hydrogen-bond donors (Lipinski definition) is 7. The summed E-state index contributed by atoms with van der Waals surface area (Å²) < 4.78 is 40.5. The number of hydrogen-bond acceptors (Lipinski definition) is 12. The minimum atomic E-state index is -4.74. The topological polar surface area (TPSA) is 210 Å². The van der Waals surface area contributed by atoms with Crippen LogP contribution in [0.3, 0.4) is 0 Å². The number of carbonyl (C=O) groups is 1. The normalized spacial score (nSPS) is 37.8. The van der Waals surface area contributed by atoms with Crippen molar-refractivity contribution >= 4 is 24.5 Å². The van der Waals surface area contributed by atoms with E-state index in [1.54, 1.807) is 40.1 Å². The van der Waals surface area contributed by atoms with E-state index < -0.39 is 73.9 Å². The lowest BCUT2D eigenvalue weighted by atomic mass is 9.71. The number of rotatable bonds is 8. The van der Waals surface area contributed by atoms with Crippen LogP contribution in [0.1, 0.15) is 26.0 Å². The highest BCUT2D eigenvalue weighted by Gasteiger charge is 2.68. The molecule has 1 aromatic heterocycles. The monoisotopic (exact) mass is 626 g/mol. The van der Waals surface area contributed by atoms with E-state index in [4.69, 9.17) is 28.7 Å². The van der Waals surface area contributed by atoms with Crippen molar-refractivity contribution in [2.75, 3.05) is 21.2 Å². The Labute approximate surface area is 248 Å². The summed E-state index contributed by atoms with van der Waals surface area (Å²) in [5, 5.41) is 33.4. The number of carbonyl (C=O) groups excluding carboxylic acids is 1. The SMILES string of the molecule is CN[C@@H]1[C@H](O)[C@H](NC)[C@H]2O[C@]3(O)[C@@H](O[C@H](C)C[C@H]3NC(=O)Cc3cc4cc(OP(=O)(O)O)ccc4cn3)O[C@]2(C)[C@H]1OC. The van der Waals surface area contributed by atoms with Crippen LogP contribution in [-0.2, 0) is 34.7 Å². The number of aliphatic hydroxyl groups is 2. The number of benzene rings is 1. The Kier molecular flexibility index (Phi) is 8.90. The lowest BCUT2D eigenvalue weighted by Crippen LogP contribution is -2.83. The van der Waals surface area contributed by atoms with Crippen molar-refractivity contribution in [1.82, 2.24) is 20.9 Å². The number of nitrogens with one attached hydrogen (secondary N) is 3. The molecule has 5 rings (SSSR count). The molecule has 1 aromatic carbocycles. The number of phosphoric ester groups is 1. The van der Waals surface area contributed by atoms with Gasteiger partial charge in [0.25, 0.3) is 0 Å². The average Bonchev–Trinajstić information content (AvgIpc) is 2.92. The highest BCUT2D eigenvalue weighted by molar-refractivity contribution is 7.46. The summed E-state index contributed by atoms with van der Waals surface area (Å²) in [4.78, 5) is 35.8. The summed E-state index contributed by atoms with van der Waals surface area (Å²) in [5.41, 5.74) is -0.781. The second kappa shape index (κ2) is 11.9. The van der Waals surface area contributed by atoms with E-state index in [9.17, 15) is 19.6 Å². The summed E-state index contributed by atoms with van der Waals surface area (Å²) >= 11 is 0. The number of aromatic nitrogens is 1. The molecule has 0 bridgehead atoms. The van der Waals surface area contributed by atoms with Gasteiger partial charge in [-0.2, -0.15) is 0 Å². The van der Waals surface area contributed by atoms with Crippen molar-refractivity contribution < 1.29 is 52.8 Å². The number of aliphatic hydroxyl groups excluding tert-OH is 1. The molecule has 3 heterocycles. The van der Waals surface area contributed by atoms with Crippen LogP contribution in [0.5, 0.6) is 5.75 Å². The van der Waals surface area contributed by atoms with Gasteiger partial charge in [-0.25, -0.2) is 4.57 Å². The molecule has 15 nitrogen and oxygen atoms in total. The second-order valence-corrected chi connectivity index (χ2v) is 12.6. The molecule has 0 radical (unpaired) electrons. The van der Waals surface area contributed by atoms with Crippen LogP contribution in [0.15, 0.2) is 30.5 Å². The Morgan fingerprint density at radius 3 is 2.53 bits per heavy atom. The molecule has 2 saturated heterocycles. The Balaban J connectivity index is 1.37. The van der Waals surface area contributed by atoms with Crippen LogP contribution >= 0.6 is 7.82 Å². The van der Waals surface area contributed by atoms with E-state index >= 15 is 0 Å². The highest BCUT2D eigenvalue weighted by atomic mass is 31.2. The number of likely N-dealkylation sites (N-methyl/N-ethyl adjacent to an activating group) is 2. The predicted molar refractivity (Wildman–Crippen MR) is 151 cm³/mol. The minimum absolute atomic E-state index is 0.0298. The number of pyridine rings is 1. The van der Waals surface area contributed by atoms with Gasteiger partial charge in [0, 0.05) is 18.7 Å². The molecule has 7 N–H and O–H groups in total. The van der Waals surface area contributed by atoms with Crippen molar-refractivity contribution in [2.24, 2.45) is 0 Å². The Hall–Kier alpha value is -2.27. The Morgan fingerprint density at radius 2 is 1.88 bits per heavy atom. The summed E-state index contributed by atoms with van der Waals surface area (Å²) in [5.74, 6) is -2.59. The van der Waals surface area contributed by atoms with E-state index in [1.165, 1.54) is 25.4 Å². The van der Waals surface area contributed by atoms with Gasteiger partial charge in [-0.1, -0.05) is 0 Å². The smallest absolute Gasteiger partial charge is 0.404 e. The van der Waals surface area contributed by atoms with Crippen LogP contribution in [0, 0.1) is 0 Å². The fourth-order valence-electron chi connectivity index (χ4n) is 6.55. The van der Waals surface area contributed by atoms with E-state index in [1.807, 2.05) is 0 Å². The molecule has 3 aliphatic rings. The van der Waals surface area contributed by atoms with Crippen LogP contribution in [0.4, 0.5) is 0 Å². The number of phosphoric acid groups is 1. The first-order valence-electron chi connectivity index (χ1n) is 13.9. The number of fused-ring (bicyclic) bond motifs is 3. The number of amides is 1. The highest BCUT2D eigenvalue weighted by Crippen LogP contribution is 2.47. The molecule has 0 spiro atoms. The molecule has 1 amide bonds. The molecule has 0 unspecified atom stereocenters. The fourth-order valence-corrected chi connectivity index (χ4v) is 6.93. The van der Waals surface area contributed by atoms with Crippen molar-refractivity contribution in [3.8, 4) is 5.75 Å². The van der Waals surface area contributed by atoms with Gasteiger partial charge in [-0.3, -0.25) is 19.6 Å². The number of nitrogens with zero attached hydrogens (tertiary/aromatic N) is 1. The zero-order chi connectivity index (χ0) is 31.3. The molecule has 3 fully saturated rings. The lowest BCUT2D eigenvalue weighted by molar-refractivity contribution is -0.470. The first-order valence-corrected chi connectivity index (χ1v) is 15.5. The third-order valence-corrected chi connectivity index (χ3v) is 8.98. The zero-order valence-corrected chi connectivity index (χ0v) is 25.4. The molecule has 2 aliphatic heterocycles. The van der Waals surface area contributed by atoms with Gasteiger partial charge in [0.1, 0.15) is 23.6 Å². The molecule has 10 atom stereocenters. The molecule has 16 heteroatoms. The van der Waals surface area contributed by atoms with Crippen molar-refractivity contribution in [1.29, 1.82) is 0 Å². The summed E-state index contributed by atoms with van der Waals surface area (Å²) in [6.45, 7) is 3.58. The van der Waals surface area contributed by atoms with Gasteiger partial charge in [-0.15, -0.1) is 0 Å². The van der Waals surface area contributed by atoms with Crippen molar-refractivity contribution in [3.63, 3.8) is 0 Å². The van der Waals surface area contributed by atoms with Crippen LogP contribution < -0.4 is 20.5 Å².